The van der Waals surface area contributed by atoms with E-state index in [4.69, 9.17) is 0 Å². The summed E-state index contributed by atoms with van der Waals surface area (Å²) in [5.41, 5.74) is 1.17. The second-order valence-corrected chi connectivity index (χ2v) is 4.30. The fourth-order valence-corrected chi connectivity index (χ4v) is 1.82. The Kier molecular flexibility index (Phi) is 4.30. The fourth-order valence-electron chi connectivity index (χ4n) is 1.82. The van der Waals surface area contributed by atoms with E-state index in [1.165, 1.54) is 17.0 Å². The first kappa shape index (κ1) is 14.0. The van der Waals surface area contributed by atoms with Gasteiger partial charge in [0.05, 0.1) is 0 Å². The molecule has 0 aliphatic rings. The van der Waals surface area contributed by atoms with E-state index >= 15 is 0 Å². The zero-order valence-electron chi connectivity index (χ0n) is 11.4. The van der Waals surface area contributed by atoms with Crippen LogP contribution in [0, 0.1) is 5.82 Å². The molecule has 104 valence electrons. The molecule has 0 fully saturated rings. The van der Waals surface area contributed by atoms with Crippen LogP contribution in [-0.4, -0.2) is 24.5 Å². The predicted molar refractivity (Wildman–Crippen MR) is 77.5 cm³/mol. The van der Waals surface area contributed by atoms with Gasteiger partial charge in [0.15, 0.2) is 0 Å². The first-order valence-electron chi connectivity index (χ1n) is 6.35. The molecule has 0 aliphatic heterocycles. The third-order valence-electron chi connectivity index (χ3n) is 2.88. The lowest BCUT2D eigenvalue weighted by atomic mass is 10.2. The second-order valence-electron chi connectivity index (χ2n) is 4.30. The summed E-state index contributed by atoms with van der Waals surface area (Å²) in [7, 11) is 1.66. The SMILES string of the molecule is CCNc1cc(C(=O)N(C)c2ccc(F)cc2)ccn1. The largest absolute Gasteiger partial charge is 0.370 e. The second kappa shape index (κ2) is 6.14. The zero-order valence-corrected chi connectivity index (χ0v) is 11.4. The topological polar surface area (TPSA) is 45.2 Å². The number of nitrogens with one attached hydrogen (secondary N) is 1. The maximum atomic E-state index is 12.9. The van der Waals surface area contributed by atoms with Crippen LogP contribution in [-0.2, 0) is 0 Å². The predicted octanol–water partition coefficient (Wildman–Crippen LogP) is 2.93. The Bertz CT molecular complexity index is 598. The summed E-state index contributed by atoms with van der Waals surface area (Å²) in [5, 5.41) is 3.06. The normalized spacial score (nSPS) is 10.2. The highest BCUT2D eigenvalue weighted by molar-refractivity contribution is 6.06. The molecule has 0 spiro atoms. The van der Waals surface area contributed by atoms with E-state index in [1.54, 1.807) is 37.5 Å². The third-order valence-corrected chi connectivity index (χ3v) is 2.88. The van der Waals surface area contributed by atoms with Gasteiger partial charge in [0.1, 0.15) is 11.6 Å². The van der Waals surface area contributed by atoms with Crippen molar-refractivity contribution in [3.63, 3.8) is 0 Å². The summed E-state index contributed by atoms with van der Waals surface area (Å²) < 4.78 is 12.9. The molecular weight excluding hydrogens is 257 g/mol. The summed E-state index contributed by atoms with van der Waals surface area (Å²) in [6, 6.07) is 9.15. The maximum absolute atomic E-state index is 12.9. The van der Waals surface area contributed by atoms with Crippen molar-refractivity contribution in [2.24, 2.45) is 0 Å². The molecule has 0 saturated carbocycles. The average Bonchev–Trinajstić information content (AvgIpc) is 2.47. The minimum Gasteiger partial charge on any atom is -0.370 e. The smallest absolute Gasteiger partial charge is 0.258 e. The molecule has 5 heteroatoms. The van der Waals surface area contributed by atoms with Gasteiger partial charge in [-0.2, -0.15) is 0 Å². The number of hydrogen-bond acceptors (Lipinski definition) is 3. The van der Waals surface area contributed by atoms with E-state index < -0.39 is 0 Å². The van der Waals surface area contributed by atoms with Crippen molar-refractivity contribution < 1.29 is 9.18 Å². The molecule has 4 nitrogen and oxygen atoms in total. The summed E-state index contributed by atoms with van der Waals surface area (Å²) in [6.07, 6.45) is 1.59. The maximum Gasteiger partial charge on any atom is 0.258 e. The van der Waals surface area contributed by atoms with Crippen molar-refractivity contribution in [3.05, 3.63) is 54.0 Å². The van der Waals surface area contributed by atoms with E-state index in [0.29, 0.717) is 17.1 Å². The van der Waals surface area contributed by atoms with Crippen LogP contribution < -0.4 is 10.2 Å². The molecule has 2 aromatic rings. The Balaban J connectivity index is 2.21. The molecule has 0 atom stereocenters. The molecule has 0 saturated heterocycles. The number of rotatable bonds is 4. The number of benzene rings is 1. The van der Waals surface area contributed by atoms with Gasteiger partial charge in [0, 0.05) is 31.0 Å². The van der Waals surface area contributed by atoms with Crippen molar-refractivity contribution >= 4 is 17.4 Å². The first-order valence-corrected chi connectivity index (χ1v) is 6.35. The number of carbonyl (C=O) groups is 1. The van der Waals surface area contributed by atoms with Crippen LogP contribution in [0.4, 0.5) is 15.9 Å². The highest BCUT2D eigenvalue weighted by Crippen LogP contribution is 2.17. The molecule has 20 heavy (non-hydrogen) atoms. The third kappa shape index (κ3) is 3.12. The number of pyridine rings is 1. The number of anilines is 2. The number of halogens is 1. The Morgan fingerprint density at radius 3 is 2.65 bits per heavy atom. The molecular formula is C15H16FN3O. The van der Waals surface area contributed by atoms with E-state index in [0.717, 1.165) is 6.54 Å². The lowest BCUT2D eigenvalue weighted by Crippen LogP contribution is -2.26. The summed E-state index contributed by atoms with van der Waals surface area (Å²) >= 11 is 0. The van der Waals surface area contributed by atoms with Gasteiger partial charge in [-0.1, -0.05) is 0 Å². The number of nitrogens with zero attached hydrogens (tertiary/aromatic N) is 2. The van der Waals surface area contributed by atoms with Crippen molar-refractivity contribution in [1.29, 1.82) is 0 Å². The van der Waals surface area contributed by atoms with Gasteiger partial charge in [-0.05, 0) is 43.3 Å². The van der Waals surface area contributed by atoms with Gasteiger partial charge < -0.3 is 10.2 Å². The van der Waals surface area contributed by atoms with Crippen LogP contribution in [0.15, 0.2) is 42.6 Å². The van der Waals surface area contributed by atoms with Crippen molar-refractivity contribution in [2.75, 3.05) is 23.8 Å². The first-order chi connectivity index (χ1) is 9.61. The lowest BCUT2D eigenvalue weighted by Gasteiger charge is -2.17. The Labute approximate surface area is 117 Å². The van der Waals surface area contributed by atoms with Crippen molar-refractivity contribution in [2.45, 2.75) is 6.92 Å². The van der Waals surface area contributed by atoms with Gasteiger partial charge in [-0.15, -0.1) is 0 Å². The van der Waals surface area contributed by atoms with E-state index in [9.17, 15) is 9.18 Å². The van der Waals surface area contributed by atoms with Crippen LogP contribution in [0.1, 0.15) is 17.3 Å². The van der Waals surface area contributed by atoms with Crippen LogP contribution in [0.3, 0.4) is 0 Å². The molecule has 1 amide bonds. The molecule has 0 radical (unpaired) electrons. The fraction of sp³-hybridized carbons (Fsp3) is 0.200. The Morgan fingerprint density at radius 1 is 1.30 bits per heavy atom. The molecule has 1 aromatic heterocycles. The molecule has 0 aliphatic carbocycles. The number of amides is 1. The average molecular weight is 273 g/mol. The number of hydrogen-bond donors (Lipinski definition) is 1. The number of aromatic nitrogens is 1. The molecule has 0 unspecified atom stereocenters. The monoisotopic (exact) mass is 273 g/mol. The Morgan fingerprint density at radius 2 is 2.00 bits per heavy atom. The van der Waals surface area contributed by atoms with Gasteiger partial charge in [0.25, 0.3) is 5.91 Å². The molecule has 0 bridgehead atoms. The minimum atomic E-state index is -0.326. The molecule has 1 N–H and O–H groups in total. The Hall–Kier alpha value is -2.43. The summed E-state index contributed by atoms with van der Waals surface area (Å²) in [4.78, 5) is 18.0. The van der Waals surface area contributed by atoms with E-state index in [-0.39, 0.29) is 11.7 Å². The van der Waals surface area contributed by atoms with Gasteiger partial charge in [-0.25, -0.2) is 9.37 Å². The highest BCUT2D eigenvalue weighted by atomic mass is 19.1. The standard InChI is InChI=1S/C15H16FN3O/c1-3-17-14-10-11(8-9-18-14)15(20)19(2)13-6-4-12(16)5-7-13/h4-10H,3H2,1-2H3,(H,17,18). The number of carbonyl (C=O) groups excluding carboxylic acids is 1. The van der Waals surface area contributed by atoms with E-state index in [2.05, 4.69) is 10.3 Å². The van der Waals surface area contributed by atoms with Crippen LogP contribution in [0.25, 0.3) is 0 Å². The van der Waals surface area contributed by atoms with Crippen LogP contribution in [0.5, 0.6) is 0 Å². The van der Waals surface area contributed by atoms with Gasteiger partial charge >= 0.3 is 0 Å². The lowest BCUT2D eigenvalue weighted by molar-refractivity contribution is 0.0993. The summed E-state index contributed by atoms with van der Waals surface area (Å²) in [6.45, 7) is 2.69. The molecule has 2 rings (SSSR count). The van der Waals surface area contributed by atoms with E-state index in [1.807, 2.05) is 6.92 Å². The minimum absolute atomic E-state index is 0.168. The summed E-state index contributed by atoms with van der Waals surface area (Å²) in [5.74, 6) is 0.164. The quantitative estimate of drug-likeness (QED) is 0.931. The van der Waals surface area contributed by atoms with Crippen LogP contribution in [0.2, 0.25) is 0 Å². The zero-order chi connectivity index (χ0) is 14.5. The highest BCUT2D eigenvalue weighted by Gasteiger charge is 2.14. The van der Waals surface area contributed by atoms with Crippen molar-refractivity contribution in [3.8, 4) is 0 Å². The van der Waals surface area contributed by atoms with Crippen molar-refractivity contribution in [1.82, 2.24) is 4.98 Å². The van der Waals surface area contributed by atoms with Gasteiger partial charge in [0.2, 0.25) is 0 Å². The molecule has 1 aromatic carbocycles. The van der Waals surface area contributed by atoms with Gasteiger partial charge in [-0.3, -0.25) is 4.79 Å². The van der Waals surface area contributed by atoms with Crippen LogP contribution >= 0.6 is 0 Å². The molecule has 1 heterocycles.